The molecule has 3 aromatic rings. The van der Waals surface area contributed by atoms with E-state index in [1.807, 2.05) is 60.7 Å². The minimum atomic E-state index is -0.393. The molecule has 0 aliphatic heterocycles. The maximum absolute atomic E-state index is 12.0. The first kappa shape index (κ1) is 19.1. The third-order valence-electron chi connectivity index (χ3n) is 3.95. The van der Waals surface area contributed by atoms with E-state index in [4.69, 9.17) is 4.74 Å². The number of hydrogen-bond donors (Lipinski definition) is 2. The van der Waals surface area contributed by atoms with Crippen LogP contribution in [0.5, 0.6) is 5.75 Å². The lowest BCUT2D eigenvalue weighted by Crippen LogP contribution is -2.26. The second-order valence-electron chi connectivity index (χ2n) is 6.24. The molecular formula is C22H21N3O3. The molecule has 2 amide bonds. The average Bonchev–Trinajstić information content (AvgIpc) is 2.71. The van der Waals surface area contributed by atoms with Crippen molar-refractivity contribution < 1.29 is 14.3 Å². The molecule has 2 N–H and O–H groups in total. The van der Waals surface area contributed by atoms with Crippen LogP contribution in [0.3, 0.4) is 0 Å². The molecule has 0 saturated carbocycles. The summed E-state index contributed by atoms with van der Waals surface area (Å²) in [6, 6.07) is 22.6. The summed E-state index contributed by atoms with van der Waals surface area (Å²) in [7, 11) is 0. The van der Waals surface area contributed by atoms with Gasteiger partial charge in [-0.3, -0.25) is 9.59 Å². The number of hydrazone groups is 1. The van der Waals surface area contributed by atoms with Crippen LogP contribution in [0.1, 0.15) is 13.3 Å². The number of rotatable bonds is 7. The Kier molecular flexibility index (Phi) is 6.36. The number of nitrogens with one attached hydrogen (secondary N) is 2. The van der Waals surface area contributed by atoms with Crippen LogP contribution in [0, 0.1) is 0 Å². The third kappa shape index (κ3) is 5.41. The van der Waals surface area contributed by atoms with Crippen LogP contribution in [-0.4, -0.2) is 24.1 Å². The van der Waals surface area contributed by atoms with Gasteiger partial charge in [-0.2, -0.15) is 5.10 Å². The maximum atomic E-state index is 12.0. The molecule has 0 aromatic heterocycles. The first-order chi connectivity index (χ1) is 13.6. The number of carbonyl (C=O) groups excluding carboxylic acids is 2. The van der Waals surface area contributed by atoms with Crippen molar-refractivity contribution >= 4 is 34.0 Å². The fourth-order valence-corrected chi connectivity index (χ4v) is 2.65. The van der Waals surface area contributed by atoms with Crippen molar-refractivity contribution in [2.45, 2.75) is 13.3 Å². The number of hydrogen-bond acceptors (Lipinski definition) is 4. The summed E-state index contributed by atoms with van der Waals surface area (Å²) in [4.78, 5) is 24.0. The molecule has 0 aliphatic carbocycles. The zero-order chi connectivity index (χ0) is 19.8. The number of fused-ring (bicyclic) bond motifs is 1. The Labute approximate surface area is 163 Å². The van der Waals surface area contributed by atoms with E-state index in [-0.39, 0.29) is 18.9 Å². The number of amides is 2. The van der Waals surface area contributed by atoms with Crippen molar-refractivity contribution in [3.63, 3.8) is 0 Å². The second-order valence-corrected chi connectivity index (χ2v) is 6.24. The fourth-order valence-electron chi connectivity index (χ4n) is 2.65. The van der Waals surface area contributed by atoms with Crippen LogP contribution in [0.2, 0.25) is 0 Å². The normalized spacial score (nSPS) is 11.1. The van der Waals surface area contributed by atoms with Crippen LogP contribution in [0.15, 0.2) is 77.9 Å². The summed E-state index contributed by atoms with van der Waals surface area (Å²) in [5.74, 6) is 0.0423. The van der Waals surface area contributed by atoms with Gasteiger partial charge in [-0.05, 0) is 30.5 Å². The molecular weight excluding hydrogens is 354 g/mol. The zero-order valence-electron chi connectivity index (χ0n) is 15.5. The Bertz CT molecular complexity index is 995. The highest BCUT2D eigenvalue weighted by Crippen LogP contribution is 2.24. The third-order valence-corrected chi connectivity index (χ3v) is 3.95. The summed E-state index contributed by atoms with van der Waals surface area (Å²) in [5, 5.41) is 8.70. The molecule has 0 bridgehead atoms. The van der Waals surface area contributed by atoms with Crippen molar-refractivity contribution in [3.05, 3.63) is 72.8 Å². The van der Waals surface area contributed by atoms with Crippen molar-refractivity contribution in [3.8, 4) is 5.75 Å². The smallest absolute Gasteiger partial charge is 0.277 e. The summed E-state index contributed by atoms with van der Waals surface area (Å²) < 4.78 is 5.61. The van der Waals surface area contributed by atoms with Crippen LogP contribution in [0.25, 0.3) is 10.8 Å². The Morgan fingerprint density at radius 3 is 2.43 bits per heavy atom. The quantitative estimate of drug-likeness (QED) is 0.488. The van der Waals surface area contributed by atoms with Gasteiger partial charge in [-0.1, -0.05) is 54.6 Å². The molecule has 0 radical (unpaired) electrons. The van der Waals surface area contributed by atoms with E-state index in [9.17, 15) is 9.59 Å². The van der Waals surface area contributed by atoms with Crippen molar-refractivity contribution in [2.75, 3.05) is 11.9 Å². The van der Waals surface area contributed by atoms with Gasteiger partial charge in [-0.25, -0.2) is 5.43 Å². The molecule has 142 valence electrons. The van der Waals surface area contributed by atoms with Gasteiger partial charge in [0, 0.05) is 16.8 Å². The number of anilines is 1. The van der Waals surface area contributed by atoms with Crippen LogP contribution >= 0.6 is 0 Å². The van der Waals surface area contributed by atoms with Crippen molar-refractivity contribution in [1.29, 1.82) is 0 Å². The van der Waals surface area contributed by atoms with E-state index < -0.39 is 5.91 Å². The van der Waals surface area contributed by atoms with Crippen molar-refractivity contribution in [1.82, 2.24) is 5.43 Å². The average molecular weight is 375 g/mol. The largest absolute Gasteiger partial charge is 0.483 e. The molecule has 6 nitrogen and oxygen atoms in total. The highest BCUT2D eigenvalue weighted by molar-refractivity contribution is 6.05. The zero-order valence-corrected chi connectivity index (χ0v) is 15.5. The highest BCUT2D eigenvalue weighted by Gasteiger charge is 2.07. The lowest BCUT2D eigenvalue weighted by molar-refractivity contribution is -0.123. The van der Waals surface area contributed by atoms with Gasteiger partial charge < -0.3 is 10.1 Å². The molecule has 0 unspecified atom stereocenters. The molecule has 0 spiro atoms. The number of para-hydroxylation sites is 1. The summed E-state index contributed by atoms with van der Waals surface area (Å²) in [6.07, 6.45) is 0.0827. The maximum Gasteiger partial charge on any atom is 0.277 e. The van der Waals surface area contributed by atoms with Gasteiger partial charge in [0.25, 0.3) is 5.91 Å². The molecule has 0 atom stereocenters. The lowest BCUT2D eigenvalue weighted by Gasteiger charge is -2.09. The molecule has 6 heteroatoms. The number of benzene rings is 3. The minimum Gasteiger partial charge on any atom is -0.483 e. The number of nitrogens with zero attached hydrogens (tertiary/aromatic N) is 1. The molecule has 0 heterocycles. The van der Waals surface area contributed by atoms with E-state index in [2.05, 4.69) is 15.8 Å². The van der Waals surface area contributed by atoms with E-state index in [0.717, 1.165) is 10.8 Å². The van der Waals surface area contributed by atoms with Crippen LogP contribution in [-0.2, 0) is 9.59 Å². The first-order valence-electron chi connectivity index (χ1n) is 8.89. The predicted octanol–water partition coefficient (Wildman–Crippen LogP) is 3.74. The molecule has 0 aliphatic rings. The van der Waals surface area contributed by atoms with Gasteiger partial charge in [0.15, 0.2) is 6.61 Å². The number of carbonyl (C=O) groups is 2. The molecule has 0 saturated heterocycles. The van der Waals surface area contributed by atoms with E-state index in [1.165, 1.54) is 0 Å². The SMILES string of the molecule is C/C(CC(=O)Nc1ccccc1)=N/NC(=O)COc1cccc2ccccc12. The predicted molar refractivity (Wildman–Crippen MR) is 110 cm³/mol. The van der Waals surface area contributed by atoms with Crippen LogP contribution < -0.4 is 15.5 Å². The first-order valence-corrected chi connectivity index (χ1v) is 8.89. The summed E-state index contributed by atoms with van der Waals surface area (Å²) >= 11 is 0. The van der Waals surface area contributed by atoms with Gasteiger partial charge in [-0.15, -0.1) is 0 Å². The standard InChI is InChI=1S/C22H21N3O3/c1-16(14-21(26)23-18-10-3-2-4-11-18)24-25-22(27)15-28-20-13-7-9-17-8-5-6-12-19(17)20/h2-13H,14-15H2,1H3,(H,23,26)(H,25,27)/b24-16-. The number of ether oxygens (including phenoxy) is 1. The molecule has 0 fully saturated rings. The minimum absolute atomic E-state index is 0.0827. The Balaban J connectivity index is 1.48. The molecule has 3 aromatic carbocycles. The Morgan fingerprint density at radius 1 is 0.893 bits per heavy atom. The second kappa shape index (κ2) is 9.32. The van der Waals surface area contributed by atoms with Gasteiger partial charge in [0.2, 0.25) is 5.91 Å². The topological polar surface area (TPSA) is 79.8 Å². The lowest BCUT2D eigenvalue weighted by atomic mass is 10.1. The highest BCUT2D eigenvalue weighted by atomic mass is 16.5. The monoisotopic (exact) mass is 375 g/mol. The van der Waals surface area contributed by atoms with Gasteiger partial charge >= 0.3 is 0 Å². The van der Waals surface area contributed by atoms with Gasteiger partial charge in [0.05, 0.1) is 6.42 Å². The van der Waals surface area contributed by atoms with E-state index in [0.29, 0.717) is 17.1 Å². The summed E-state index contributed by atoms with van der Waals surface area (Å²) in [6.45, 7) is 1.51. The molecule has 3 rings (SSSR count). The Hall–Kier alpha value is -3.67. The fraction of sp³-hybridized carbons (Fsp3) is 0.136. The Morgan fingerprint density at radius 2 is 1.61 bits per heavy atom. The molecule has 28 heavy (non-hydrogen) atoms. The van der Waals surface area contributed by atoms with Crippen molar-refractivity contribution in [2.24, 2.45) is 5.10 Å². The summed E-state index contributed by atoms with van der Waals surface area (Å²) in [5.41, 5.74) is 3.62. The van der Waals surface area contributed by atoms with E-state index in [1.54, 1.807) is 19.1 Å². The van der Waals surface area contributed by atoms with Crippen LogP contribution in [0.4, 0.5) is 5.69 Å². The van der Waals surface area contributed by atoms with E-state index >= 15 is 0 Å². The van der Waals surface area contributed by atoms with Gasteiger partial charge in [0.1, 0.15) is 5.75 Å².